The molecular formula is C13H20N2O4. The summed E-state index contributed by atoms with van der Waals surface area (Å²) in [5, 5.41) is 11.2. The number of carbonyl (C=O) groups excluding carboxylic acids is 1. The third-order valence-electron chi connectivity index (χ3n) is 2.27. The molecule has 0 saturated carbocycles. The van der Waals surface area contributed by atoms with Crippen LogP contribution in [0.15, 0.2) is 18.2 Å². The van der Waals surface area contributed by atoms with E-state index in [1.165, 1.54) is 0 Å². The molecule has 4 N–H and O–H groups in total. The molecule has 0 heterocycles. The second-order valence-corrected chi connectivity index (χ2v) is 3.82. The van der Waals surface area contributed by atoms with Gasteiger partial charge >= 0.3 is 0 Å². The van der Waals surface area contributed by atoms with Crippen LogP contribution >= 0.6 is 0 Å². The predicted molar refractivity (Wildman–Crippen MR) is 72.3 cm³/mol. The highest BCUT2D eigenvalue weighted by Gasteiger charge is 2.08. The van der Waals surface area contributed by atoms with Gasteiger partial charge in [-0.15, -0.1) is 0 Å². The average molecular weight is 268 g/mol. The van der Waals surface area contributed by atoms with Crippen molar-refractivity contribution in [1.82, 2.24) is 5.32 Å². The standard InChI is InChI=1S/C13H20N2O4/c1-2-19-12-8-10(7-11(14)9-12)13(17)15-3-5-18-6-4-16/h7-9,16H,2-6,14H2,1H3,(H,15,17). The maximum absolute atomic E-state index is 11.9. The number of aliphatic hydroxyl groups is 1. The van der Waals surface area contributed by atoms with Crippen molar-refractivity contribution in [2.24, 2.45) is 0 Å². The molecule has 1 rings (SSSR count). The number of carbonyl (C=O) groups is 1. The van der Waals surface area contributed by atoms with Crippen molar-refractivity contribution in [2.45, 2.75) is 6.92 Å². The molecule has 0 spiro atoms. The van der Waals surface area contributed by atoms with Crippen molar-refractivity contribution in [3.8, 4) is 5.75 Å². The van der Waals surface area contributed by atoms with Crippen LogP contribution in [0, 0.1) is 0 Å². The van der Waals surface area contributed by atoms with E-state index in [9.17, 15) is 4.79 Å². The monoisotopic (exact) mass is 268 g/mol. The normalized spacial score (nSPS) is 10.2. The Balaban J connectivity index is 2.51. The average Bonchev–Trinajstić information content (AvgIpc) is 2.38. The highest BCUT2D eigenvalue weighted by Crippen LogP contribution is 2.18. The lowest BCUT2D eigenvalue weighted by Gasteiger charge is -2.09. The van der Waals surface area contributed by atoms with Crippen molar-refractivity contribution in [2.75, 3.05) is 38.7 Å². The molecule has 0 unspecified atom stereocenters. The van der Waals surface area contributed by atoms with Gasteiger partial charge in [0.2, 0.25) is 0 Å². The quantitative estimate of drug-likeness (QED) is 0.469. The van der Waals surface area contributed by atoms with Gasteiger partial charge in [-0.2, -0.15) is 0 Å². The summed E-state index contributed by atoms with van der Waals surface area (Å²) in [6.07, 6.45) is 0. The van der Waals surface area contributed by atoms with E-state index in [1.54, 1.807) is 18.2 Å². The van der Waals surface area contributed by atoms with Gasteiger partial charge in [-0.05, 0) is 19.1 Å². The van der Waals surface area contributed by atoms with E-state index in [1.807, 2.05) is 6.92 Å². The van der Waals surface area contributed by atoms with E-state index in [-0.39, 0.29) is 19.1 Å². The van der Waals surface area contributed by atoms with Gasteiger partial charge < -0.3 is 25.6 Å². The van der Waals surface area contributed by atoms with Crippen molar-refractivity contribution >= 4 is 11.6 Å². The van der Waals surface area contributed by atoms with Gasteiger partial charge in [0, 0.05) is 23.9 Å². The van der Waals surface area contributed by atoms with Gasteiger partial charge in [-0.25, -0.2) is 0 Å². The largest absolute Gasteiger partial charge is 0.494 e. The zero-order valence-corrected chi connectivity index (χ0v) is 11.0. The molecule has 6 nitrogen and oxygen atoms in total. The Labute approximate surface area is 112 Å². The first-order valence-corrected chi connectivity index (χ1v) is 6.17. The number of benzene rings is 1. The molecule has 1 aromatic carbocycles. The lowest BCUT2D eigenvalue weighted by atomic mass is 10.1. The Hall–Kier alpha value is -1.79. The van der Waals surface area contributed by atoms with Crippen LogP contribution in [0.3, 0.4) is 0 Å². The molecule has 0 aromatic heterocycles. The van der Waals surface area contributed by atoms with E-state index >= 15 is 0 Å². The summed E-state index contributed by atoms with van der Waals surface area (Å²) in [4.78, 5) is 11.9. The van der Waals surface area contributed by atoms with Crippen LogP contribution in [-0.4, -0.2) is 44.0 Å². The SMILES string of the molecule is CCOc1cc(N)cc(C(=O)NCCOCCO)c1. The Kier molecular flexibility index (Phi) is 6.70. The lowest BCUT2D eigenvalue weighted by Crippen LogP contribution is -2.27. The number of anilines is 1. The lowest BCUT2D eigenvalue weighted by molar-refractivity contribution is 0.0838. The summed E-state index contributed by atoms with van der Waals surface area (Å²) in [5.41, 5.74) is 6.64. The highest BCUT2D eigenvalue weighted by atomic mass is 16.5. The third kappa shape index (κ3) is 5.58. The van der Waals surface area contributed by atoms with Crippen molar-refractivity contribution in [3.05, 3.63) is 23.8 Å². The first-order valence-electron chi connectivity index (χ1n) is 6.17. The fourth-order valence-electron chi connectivity index (χ4n) is 1.51. The zero-order chi connectivity index (χ0) is 14.1. The van der Waals surface area contributed by atoms with Gasteiger partial charge in [0.1, 0.15) is 5.75 Å². The summed E-state index contributed by atoms with van der Waals surface area (Å²) < 4.78 is 10.4. The predicted octanol–water partition coefficient (Wildman–Crippen LogP) is 0.406. The van der Waals surface area contributed by atoms with E-state index in [0.717, 1.165) is 0 Å². The Morgan fingerprint density at radius 2 is 2.16 bits per heavy atom. The van der Waals surface area contributed by atoms with E-state index < -0.39 is 0 Å². The van der Waals surface area contributed by atoms with Crippen LogP contribution in [-0.2, 0) is 4.74 Å². The fourth-order valence-corrected chi connectivity index (χ4v) is 1.51. The summed E-state index contributed by atoms with van der Waals surface area (Å²) in [7, 11) is 0. The summed E-state index contributed by atoms with van der Waals surface area (Å²) in [5.74, 6) is 0.338. The molecule has 19 heavy (non-hydrogen) atoms. The van der Waals surface area contributed by atoms with Crippen LogP contribution in [0.25, 0.3) is 0 Å². The number of amides is 1. The minimum atomic E-state index is -0.235. The third-order valence-corrected chi connectivity index (χ3v) is 2.27. The number of rotatable bonds is 8. The molecule has 0 saturated heterocycles. The summed E-state index contributed by atoms with van der Waals surface area (Å²) >= 11 is 0. The number of ether oxygens (including phenoxy) is 2. The first-order chi connectivity index (χ1) is 9.17. The molecule has 0 fully saturated rings. The minimum absolute atomic E-state index is 0.0269. The van der Waals surface area contributed by atoms with Crippen molar-refractivity contribution in [3.63, 3.8) is 0 Å². The Morgan fingerprint density at radius 3 is 2.84 bits per heavy atom. The maximum atomic E-state index is 11.9. The Bertz CT molecular complexity index is 410. The molecule has 0 aliphatic heterocycles. The van der Waals surface area contributed by atoms with E-state index in [2.05, 4.69) is 5.32 Å². The highest BCUT2D eigenvalue weighted by molar-refractivity contribution is 5.95. The number of hydrogen-bond acceptors (Lipinski definition) is 5. The number of nitrogen functional groups attached to an aromatic ring is 1. The van der Waals surface area contributed by atoms with E-state index in [0.29, 0.717) is 36.8 Å². The minimum Gasteiger partial charge on any atom is -0.494 e. The van der Waals surface area contributed by atoms with Crippen LogP contribution < -0.4 is 15.8 Å². The fraction of sp³-hybridized carbons (Fsp3) is 0.462. The smallest absolute Gasteiger partial charge is 0.251 e. The number of nitrogens with two attached hydrogens (primary N) is 1. The van der Waals surface area contributed by atoms with Gasteiger partial charge in [-0.1, -0.05) is 0 Å². The first kappa shape index (κ1) is 15.3. The van der Waals surface area contributed by atoms with Crippen molar-refractivity contribution in [1.29, 1.82) is 0 Å². The zero-order valence-electron chi connectivity index (χ0n) is 11.0. The molecule has 106 valence electrons. The molecule has 0 aliphatic carbocycles. The number of nitrogens with one attached hydrogen (secondary N) is 1. The van der Waals surface area contributed by atoms with Crippen LogP contribution in [0.2, 0.25) is 0 Å². The maximum Gasteiger partial charge on any atom is 0.251 e. The van der Waals surface area contributed by atoms with Crippen molar-refractivity contribution < 1.29 is 19.4 Å². The molecule has 0 radical (unpaired) electrons. The van der Waals surface area contributed by atoms with Gasteiger partial charge in [-0.3, -0.25) is 4.79 Å². The number of aliphatic hydroxyl groups excluding tert-OH is 1. The second-order valence-electron chi connectivity index (χ2n) is 3.82. The van der Waals surface area contributed by atoms with Crippen LogP contribution in [0.4, 0.5) is 5.69 Å². The number of hydrogen-bond donors (Lipinski definition) is 3. The van der Waals surface area contributed by atoms with Gasteiger partial charge in [0.15, 0.2) is 0 Å². The van der Waals surface area contributed by atoms with Gasteiger partial charge in [0.25, 0.3) is 5.91 Å². The molecule has 6 heteroatoms. The molecule has 1 amide bonds. The summed E-state index contributed by atoms with van der Waals surface area (Å²) in [6.45, 7) is 3.34. The molecule has 0 bridgehead atoms. The Morgan fingerprint density at radius 1 is 1.37 bits per heavy atom. The molecule has 0 atom stereocenters. The van der Waals surface area contributed by atoms with E-state index in [4.69, 9.17) is 20.3 Å². The topological polar surface area (TPSA) is 93.8 Å². The van der Waals surface area contributed by atoms with Crippen LogP contribution in [0.1, 0.15) is 17.3 Å². The summed E-state index contributed by atoms with van der Waals surface area (Å²) in [6, 6.07) is 4.90. The molecular weight excluding hydrogens is 248 g/mol. The van der Waals surface area contributed by atoms with Crippen LogP contribution in [0.5, 0.6) is 5.75 Å². The molecule has 0 aliphatic rings. The molecule has 1 aromatic rings. The van der Waals surface area contributed by atoms with Gasteiger partial charge in [0.05, 0.1) is 26.4 Å². The second kappa shape index (κ2) is 8.34.